The normalized spacial score (nSPS) is 15.9. The topological polar surface area (TPSA) is 92.3 Å². The van der Waals surface area contributed by atoms with Gasteiger partial charge in [-0.2, -0.15) is 0 Å². The number of piperidine rings is 1. The summed E-state index contributed by atoms with van der Waals surface area (Å²) in [4.78, 5) is 12.6. The van der Waals surface area contributed by atoms with Crippen molar-refractivity contribution in [3.05, 3.63) is 0 Å². The van der Waals surface area contributed by atoms with Gasteiger partial charge in [0.15, 0.2) is 0 Å². The zero-order valence-corrected chi connectivity index (χ0v) is 14.1. The van der Waals surface area contributed by atoms with Gasteiger partial charge in [0.25, 0.3) is 0 Å². The van der Waals surface area contributed by atoms with Crippen molar-refractivity contribution in [3.8, 4) is 0 Å². The molecule has 0 radical (unpaired) electrons. The summed E-state index contributed by atoms with van der Waals surface area (Å²) in [6, 6.07) is 0. The highest BCUT2D eigenvalue weighted by atomic mass is 16.4. The molecule has 1 rings (SSSR count). The Bertz CT molecular complexity index is 212. The molecule has 0 saturated carbocycles. The van der Waals surface area contributed by atoms with Crippen LogP contribution >= 0.6 is 0 Å². The predicted octanol–water partition coefficient (Wildman–Crippen LogP) is 2.17. The van der Waals surface area contributed by atoms with Crippen molar-refractivity contribution >= 4 is 5.97 Å². The molecular formula is C15H35NO4. The molecule has 5 nitrogen and oxygen atoms in total. The Labute approximate surface area is 124 Å². The number of nitrogens with zero attached hydrogens (tertiary/aromatic N) is 1. The Morgan fingerprint density at radius 1 is 1.20 bits per heavy atom. The molecule has 0 unspecified atom stereocenters. The molecule has 20 heavy (non-hydrogen) atoms. The molecule has 1 heterocycles. The van der Waals surface area contributed by atoms with Gasteiger partial charge in [0.1, 0.15) is 0 Å². The number of carboxylic acid groups (broad SMARTS) is 1. The Morgan fingerprint density at radius 3 is 1.85 bits per heavy atom. The zero-order chi connectivity index (χ0) is 15.5. The van der Waals surface area contributed by atoms with Crippen molar-refractivity contribution in [2.75, 3.05) is 20.1 Å². The average Bonchev–Trinajstić information content (AvgIpc) is 2.29. The molecule has 0 amide bonds. The Kier molecular flexibility index (Phi) is 16.3. The minimum atomic E-state index is -0.658. The van der Waals surface area contributed by atoms with Crippen molar-refractivity contribution in [1.82, 2.24) is 4.90 Å². The lowest BCUT2D eigenvalue weighted by Gasteiger charge is -2.28. The number of carboxylic acids is 1. The van der Waals surface area contributed by atoms with E-state index in [1.165, 1.54) is 12.8 Å². The lowest BCUT2D eigenvalue weighted by atomic mass is 9.92. The first-order chi connectivity index (χ1) is 8.68. The molecule has 0 bridgehead atoms. The lowest BCUT2D eigenvalue weighted by Crippen LogP contribution is -2.30. The first kappa shape index (κ1) is 24.4. The van der Waals surface area contributed by atoms with Gasteiger partial charge in [-0.3, -0.25) is 4.79 Å². The summed E-state index contributed by atoms with van der Waals surface area (Å²) in [5, 5.41) is 17.0. The summed E-state index contributed by atoms with van der Waals surface area (Å²) in [7, 11) is 2.12. The van der Waals surface area contributed by atoms with Crippen LogP contribution in [-0.4, -0.2) is 52.3 Å². The van der Waals surface area contributed by atoms with E-state index in [0.717, 1.165) is 19.5 Å². The number of rotatable bonds is 3. The maximum atomic E-state index is 10.3. The maximum absolute atomic E-state index is 10.3. The minimum absolute atomic E-state index is 0. The molecular weight excluding hydrogens is 258 g/mol. The average molecular weight is 293 g/mol. The number of aliphatic hydroxyl groups is 1. The monoisotopic (exact) mass is 293 g/mol. The quantitative estimate of drug-likeness (QED) is 0.834. The van der Waals surface area contributed by atoms with Crippen molar-refractivity contribution in [2.45, 2.75) is 65.9 Å². The molecule has 5 heteroatoms. The molecule has 1 aliphatic heterocycles. The highest BCUT2D eigenvalue weighted by molar-refractivity contribution is 5.66. The molecule has 0 spiro atoms. The molecule has 124 valence electrons. The fourth-order valence-electron chi connectivity index (χ4n) is 1.68. The number of likely N-dealkylation sites (tertiary alicyclic amines) is 1. The third kappa shape index (κ3) is 22.5. The Balaban J connectivity index is -0.000000310. The molecule has 0 aromatic heterocycles. The van der Waals surface area contributed by atoms with Gasteiger partial charge < -0.3 is 20.6 Å². The van der Waals surface area contributed by atoms with Gasteiger partial charge in [-0.15, -0.1) is 0 Å². The molecule has 1 saturated heterocycles. The Morgan fingerprint density at radius 2 is 1.55 bits per heavy atom. The molecule has 0 aromatic carbocycles. The summed E-state index contributed by atoms with van der Waals surface area (Å²) in [5.41, 5.74) is -0.500. The summed E-state index contributed by atoms with van der Waals surface area (Å²) < 4.78 is 0. The summed E-state index contributed by atoms with van der Waals surface area (Å²) in [5.74, 6) is -0.00812. The molecule has 4 N–H and O–H groups in total. The summed E-state index contributed by atoms with van der Waals surface area (Å²) in [6.45, 7) is 11.5. The first-order valence-electron chi connectivity index (χ1n) is 7.31. The van der Waals surface area contributed by atoms with E-state index in [0.29, 0.717) is 12.3 Å². The van der Waals surface area contributed by atoms with Crippen molar-refractivity contribution in [3.63, 3.8) is 0 Å². The first-order valence-corrected chi connectivity index (χ1v) is 7.31. The van der Waals surface area contributed by atoms with Crippen LogP contribution in [0.5, 0.6) is 0 Å². The number of carbonyl (C=O) groups is 1. The largest absolute Gasteiger partial charge is 0.481 e. The van der Waals surface area contributed by atoms with E-state index in [-0.39, 0.29) is 5.48 Å². The van der Waals surface area contributed by atoms with Crippen LogP contribution in [0.15, 0.2) is 0 Å². The Hall–Kier alpha value is -0.650. The van der Waals surface area contributed by atoms with Crippen LogP contribution in [0, 0.1) is 5.92 Å². The predicted molar refractivity (Wildman–Crippen MR) is 84.0 cm³/mol. The van der Waals surface area contributed by atoms with Crippen molar-refractivity contribution in [2.24, 2.45) is 5.92 Å². The van der Waals surface area contributed by atoms with Crippen LogP contribution < -0.4 is 0 Å². The van der Waals surface area contributed by atoms with E-state index in [9.17, 15) is 4.79 Å². The van der Waals surface area contributed by atoms with E-state index in [1.54, 1.807) is 20.8 Å². The standard InChI is InChI=1S/C9H17NO2.C4H10O.C2H6.H2O/c1-10-6-4-8(5-7-10)2-3-9(11)12;1-4(2,3)5;1-2;/h8H,2-7H2,1H3,(H,11,12);5H,1-3H3;1-2H3;1H2. The van der Waals surface area contributed by atoms with Gasteiger partial charge in [-0.1, -0.05) is 13.8 Å². The third-order valence-corrected chi connectivity index (χ3v) is 2.60. The second-order valence-electron chi connectivity index (χ2n) is 5.85. The van der Waals surface area contributed by atoms with Gasteiger partial charge in [-0.25, -0.2) is 0 Å². The molecule has 0 atom stereocenters. The van der Waals surface area contributed by atoms with Crippen molar-refractivity contribution in [1.29, 1.82) is 0 Å². The van der Waals surface area contributed by atoms with E-state index in [1.807, 2.05) is 13.8 Å². The summed E-state index contributed by atoms with van der Waals surface area (Å²) >= 11 is 0. The van der Waals surface area contributed by atoms with Gasteiger partial charge in [0, 0.05) is 6.42 Å². The van der Waals surface area contributed by atoms with Crippen molar-refractivity contribution < 1.29 is 20.5 Å². The summed E-state index contributed by atoms with van der Waals surface area (Å²) in [6.07, 6.45) is 3.55. The van der Waals surface area contributed by atoms with E-state index < -0.39 is 11.6 Å². The second-order valence-corrected chi connectivity index (χ2v) is 5.85. The van der Waals surface area contributed by atoms with Crippen LogP contribution in [0.25, 0.3) is 0 Å². The maximum Gasteiger partial charge on any atom is 0.303 e. The smallest absolute Gasteiger partial charge is 0.303 e. The van der Waals surface area contributed by atoms with Crippen LogP contribution in [-0.2, 0) is 4.79 Å². The van der Waals surface area contributed by atoms with Gasteiger partial charge in [0.05, 0.1) is 5.60 Å². The van der Waals surface area contributed by atoms with Gasteiger partial charge in [-0.05, 0) is 66.1 Å². The molecule has 0 aromatic rings. The highest BCUT2D eigenvalue weighted by Gasteiger charge is 2.16. The van der Waals surface area contributed by atoms with Gasteiger partial charge >= 0.3 is 5.97 Å². The highest BCUT2D eigenvalue weighted by Crippen LogP contribution is 2.20. The van der Waals surface area contributed by atoms with E-state index in [4.69, 9.17) is 10.2 Å². The number of hydrogen-bond acceptors (Lipinski definition) is 3. The van der Waals surface area contributed by atoms with Crippen LogP contribution in [0.1, 0.15) is 60.3 Å². The third-order valence-electron chi connectivity index (χ3n) is 2.60. The van der Waals surface area contributed by atoms with Crippen LogP contribution in [0.2, 0.25) is 0 Å². The van der Waals surface area contributed by atoms with Gasteiger partial charge in [0.2, 0.25) is 0 Å². The van der Waals surface area contributed by atoms with E-state index in [2.05, 4.69) is 11.9 Å². The SMILES string of the molecule is CC.CC(C)(C)O.CN1CCC(CCC(=O)O)CC1.O. The van der Waals surface area contributed by atoms with E-state index >= 15 is 0 Å². The fourth-order valence-corrected chi connectivity index (χ4v) is 1.68. The minimum Gasteiger partial charge on any atom is -0.481 e. The fraction of sp³-hybridized carbons (Fsp3) is 0.933. The lowest BCUT2D eigenvalue weighted by molar-refractivity contribution is -0.137. The van der Waals surface area contributed by atoms with Crippen LogP contribution in [0.3, 0.4) is 0 Å². The number of aliphatic carboxylic acids is 1. The molecule has 0 aliphatic carbocycles. The molecule has 1 fully saturated rings. The molecule has 1 aliphatic rings. The van der Waals surface area contributed by atoms with Crippen LogP contribution in [0.4, 0.5) is 0 Å². The zero-order valence-electron chi connectivity index (χ0n) is 14.1. The number of hydrogen-bond donors (Lipinski definition) is 2. The second kappa shape index (κ2) is 13.3.